The van der Waals surface area contributed by atoms with E-state index in [0.717, 1.165) is 45.5 Å². The molecular formula is C14H28N2O3. The van der Waals surface area contributed by atoms with E-state index in [2.05, 4.69) is 11.8 Å². The van der Waals surface area contributed by atoms with Crippen LogP contribution < -0.4 is 5.73 Å². The van der Waals surface area contributed by atoms with E-state index < -0.39 is 11.5 Å². The molecule has 0 bridgehead atoms. The largest absolute Gasteiger partial charge is 0.480 e. The van der Waals surface area contributed by atoms with Crippen molar-refractivity contribution in [2.45, 2.75) is 57.6 Å². The molecule has 1 aliphatic heterocycles. The number of rotatable bonds is 9. The lowest BCUT2D eigenvalue weighted by atomic mass is 9.96. The number of ether oxygens (including phenoxy) is 1. The summed E-state index contributed by atoms with van der Waals surface area (Å²) in [7, 11) is 0. The molecule has 2 atom stereocenters. The molecule has 0 amide bonds. The number of unbranched alkanes of at least 4 members (excludes halogenated alkanes) is 1. The van der Waals surface area contributed by atoms with Gasteiger partial charge in [0.2, 0.25) is 0 Å². The normalized spacial score (nSPS) is 22.6. The highest BCUT2D eigenvalue weighted by Gasteiger charge is 2.27. The minimum atomic E-state index is -1.09. The maximum atomic E-state index is 10.9. The fraction of sp³-hybridized carbons (Fsp3) is 0.929. The van der Waals surface area contributed by atoms with Gasteiger partial charge in [0, 0.05) is 13.2 Å². The zero-order valence-corrected chi connectivity index (χ0v) is 12.2. The van der Waals surface area contributed by atoms with Crippen LogP contribution in [0, 0.1) is 0 Å². The Balaban J connectivity index is 2.17. The second-order valence-electron chi connectivity index (χ2n) is 5.71. The summed E-state index contributed by atoms with van der Waals surface area (Å²) in [5.41, 5.74) is 4.62. The van der Waals surface area contributed by atoms with Gasteiger partial charge in [-0.15, -0.1) is 0 Å². The molecule has 5 nitrogen and oxygen atoms in total. The van der Waals surface area contributed by atoms with Crippen molar-refractivity contribution < 1.29 is 14.6 Å². The summed E-state index contributed by atoms with van der Waals surface area (Å²) >= 11 is 0. The molecule has 2 unspecified atom stereocenters. The van der Waals surface area contributed by atoms with Gasteiger partial charge in [-0.1, -0.05) is 6.92 Å². The van der Waals surface area contributed by atoms with E-state index in [0.29, 0.717) is 12.5 Å². The predicted octanol–water partition coefficient (Wildman–Crippen LogP) is 1.46. The number of hydrogen-bond donors (Lipinski definition) is 2. The Morgan fingerprint density at radius 1 is 1.53 bits per heavy atom. The SMILES string of the molecule is CCN(CCCCC(C)(N)C(=O)O)CC1CCCO1. The van der Waals surface area contributed by atoms with Crippen molar-refractivity contribution in [2.75, 3.05) is 26.2 Å². The Bertz CT molecular complexity index is 276. The first-order valence-corrected chi connectivity index (χ1v) is 7.32. The lowest BCUT2D eigenvalue weighted by Gasteiger charge is -2.24. The Morgan fingerprint density at radius 3 is 2.79 bits per heavy atom. The third-order valence-electron chi connectivity index (χ3n) is 3.84. The predicted molar refractivity (Wildman–Crippen MR) is 75.2 cm³/mol. The summed E-state index contributed by atoms with van der Waals surface area (Å²) in [6.45, 7) is 7.63. The van der Waals surface area contributed by atoms with Gasteiger partial charge >= 0.3 is 5.97 Å². The first kappa shape index (κ1) is 16.4. The average Bonchev–Trinajstić information content (AvgIpc) is 2.85. The summed E-state index contributed by atoms with van der Waals surface area (Å²) in [6, 6.07) is 0. The van der Waals surface area contributed by atoms with E-state index in [1.54, 1.807) is 6.92 Å². The van der Waals surface area contributed by atoms with Gasteiger partial charge in [-0.2, -0.15) is 0 Å². The zero-order valence-electron chi connectivity index (χ0n) is 12.2. The van der Waals surface area contributed by atoms with Gasteiger partial charge in [-0.05, 0) is 52.1 Å². The molecule has 112 valence electrons. The number of carboxylic acid groups (broad SMARTS) is 1. The fourth-order valence-corrected chi connectivity index (χ4v) is 2.39. The van der Waals surface area contributed by atoms with Crippen LogP contribution in [0.5, 0.6) is 0 Å². The lowest BCUT2D eigenvalue weighted by Crippen LogP contribution is -2.44. The van der Waals surface area contributed by atoms with Gasteiger partial charge in [0.15, 0.2) is 0 Å². The molecule has 1 fully saturated rings. The highest BCUT2D eigenvalue weighted by Crippen LogP contribution is 2.15. The molecule has 0 aromatic carbocycles. The second kappa shape index (κ2) is 7.82. The average molecular weight is 272 g/mol. The molecule has 0 spiro atoms. The van der Waals surface area contributed by atoms with Crippen molar-refractivity contribution in [1.82, 2.24) is 4.90 Å². The second-order valence-corrected chi connectivity index (χ2v) is 5.71. The summed E-state index contributed by atoms with van der Waals surface area (Å²) in [5, 5.41) is 8.93. The summed E-state index contributed by atoms with van der Waals surface area (Å²) in [4.78, 5) is 13.3. The van der Waals surface area contributed by atoms with Gasteiger partial charge in [-0.3, -0.25) is 4.79 Å². The van der Waals surface area contributed by atoms with Gasteiger partial charge in [-0.25, -0.2) is 0 Å². The molecule has 3 N–H and O–H groups in total. The molecule has 1 aliphatic rings. The van der Waals surface area contributed by atoms with Gasteiger partial charge in [0.1, 0.15) is 5.54 Å². The van der Waals surface area contributed by atoms with Crippen molar-refractivity contribution >= 4 is 5.97 Å². The van der Waals surface area contributed by atoms with E-state index >= 15 is 0 Å². The van der Waals surface area contributed by atoms with Crippen LogP contribution in [0.4, 0.5) is 0 Å². The molecule has 0 aliphatic carbocycles. The van der Waals surface area contributed by atoms with Gasteiger partial charge < -0.3 is 20.5 Å². The number of carboxylic acids is 1. The summed E-state index contributed by atoms with van der Waals surface area (Å²) in [5.74, 6) is -0.917. The smallest absolute Gasteiger partial charge is 0.323 e. The van der Waals surface area contributed by atoms with Crippen molar-refractivity contribution in [3.63, 3.8) is 0 Å². The van der Waals surface area contributed by atoms with Crippen LogP contribution in [0.25, 0.3) is 0 Å². The van der Waals surface area contributed by atoms with Crippen LogP contribution in [0.3, 0.4) is 0 Å². The van der Waals surface area contributed by atoms with Gasteiger partial charge in [0.05, 0.1) is 6.10 Å². The van der Waals surface area contributed by atoms with E-state index in [-0.39, 0.29) is 0 Å². The van der Waals surface area contributed by atoms with Crippen LogP contribution in [-0.4, -0.2) is 53.9 Å². The van der Waals surface area contributed by atoms with Crippen LogP contribution in [-0.2, 0) is 9.53 Å². The Hall–Kier alpha value is -0.650. The third-order valence-corrected chi connectivity index (χ3v) is 3.84. The highest BCUT2D eigenvalue weighted by molar-refractivity contribution is 5.77. The monoisotopic (exact) mass is 272 g/mol. The van der Waals surface area contributed by atoms with Gasteiger partial charge in [0.25, 0.3) is 0 Å². The Kier molecular flexibility index (Phi) is 6.75. The van der Waals surface area contributed by atoms with E-state index in [1.165, 1.54) is 6.42 Å². The minimum Gasteiger partial charge on any atom is -0.480 e. The molecule has 0 radical (unpaired) electrons. The molecule has 1 saturated heterocycles. The highest BCUT2D eigenvalue weighted by atomic mass is 16.5. The molecule has 5 heteroatoms. The number of likely N-dealkylation sites (N-methyl/N-ethyl adjacent to an activating group) is 1. The van der Waals surface area contributed by atoms with Crippen LogP contribution >= 0.6 is 0 Å². The molecular weight excluding hydrogens is 244 g/mol. The van der Waals surface area contributed by atoms with Crippen molar-refractivity contribution in [3.05, 3.63) is 0 Å². The van der Waals surface area contributed by atoms with E-state index in [1.807, 2.05) is 0 Å². The molecule has 1 rings (SSSR count). The fourth-order valence-electron chi connectivity index (χ4n) is 2.39. The van der Waals surface area contributed by atoms with E-state index in [4.69, 9.17) is 15.6 Å². The molecule has 1 heterocycles. The van der Waals surface area contributed by atoms with Crippen molar-refractivity contribution in [3.8, 4) is 0 Å². The Morgan fingerprint density at radius 2 is 2.26 bits per heavy atom. The topological polar surface area (TPSA) is 75.8 Å². The van der Waals surface area contributed by atoms with Crippen LogP contribution in [0.2, 0.25) is 0 Å². The standard InChI is InChI=1S/C14H28N2O3/c1-3-16(11-12-7-6-10-19-12)9-5-4-8-14(2,15)13(17)18/h12H,3-11,15H2,1-2H3,(H,17,18). The van der Waals surface area contributed by atoms with Crippen molar-refractivity contribution in [1.29, 1.82) is 0 Å². The van der Waals surface area contributed by atoms with Crippen LogP contribution in [0.1, 0.15) is 46.0 Å². The summed E-state index contributed by atoms with van der Waals surface area (Å²) in [6.07, 6.45) is 5.09. The number of nitrogens with two attached hydrogens (primary N) is 1. The Labute approximate surface area is 116 Å². The van der Waals surface area contributed by atoms with E-state index in [9.17, 15) is 4.79 Å². The molecule has 0 saturated carbocycles. The number of carbonyl (C=O) groups is 1. The maximum absolute atomic E-state index is 10.9. The summed E-state index contributed by atoms with van der Waals surface area (Å²) < 4.78 is 5.64. The zero-order chi connectivity index (χ0) is 14.3. The first-order chi connectivity index (χ1) is 8.95. The third kappa shape index (κ3) is 5.89. The molecule has 0 aromatic heterocycles. The lowest BCUT2D eigenvalue weighted by molar-refractivity contribution is -0.142. The molecule has 19 heavy (non-hydrogen) atoms. The minimum absolute atomic E-state index is 0.388. The quantitative estimate of drug-likeness (QED) is 0.621. The first-order valence-electron chi connectivity index (χ1n) is 7.32. The maximum Gasteiger partial charge on any atom is 0.323 e. The number of hydrogen-bond acceptors (Lipinski definition) is 4. The van der Waals surface area contributed by atoms with Crippen LogP contribution in [0.15, 0.2) is 0 Å². The molecule has 0 aromatic rings. The van der Waals surface area contributed by atoms with Crippen molar-refractivity contribution in [2.24, 2.45) is 5.73 Å². The number of nitrogens with zero attached hydrogens (tertiary/aromatic N) is 1. The number of aliphatic carboxylic acids is 1.